The molecule has 0 saturated carbocycles. The standard InChI is InChI=1S/C17H20N2O5S2/c1-12-5-8-15(11-17(12)26(23,24)19(3)4)18-25(21,22)16-9-6-14(7-10-16)13(2)20/h5-11,18H,1-4H3. The number of nitrogens with one attached hydrogen (secondary N) is 1. The van der Waals surface area contributed by atoms with Gasteiger partial charge in [0.05, 0.1) is 15.5 Å². The van der Waals surface area contributed by atoms with Gasteiger partial charge in [-0.2, -0.15) is 0 Å². The molecule has 0 aliphatic heterocycles. The minimum atomic E-state index is -3.92. The van der Waals surface area contributed by atoms with Gasteiger partial charge in [0.2, 0.25) is 10.0 Å². The van der Waals surface area contributed by atoms with Crippen LogP contribution >= 0.6 is 0 Å². The SMILES string of the molecule is CC(=O)c1ccc(S(=O)(=O)Nc2ccc(C)c(S(=O)(=O)N(C)C)c2)cc1. The third-order valence-electron chi connectivity index (χ3n) is 3.77. The van der Waals surface area contributed by atoms with Gasteiger partial charge < -0.3 is 0 Å². The van der Waals surface area contributed by atoms with Crippen molar-refractivity contribution >= 4 is 31.5 Å². The van der Waals surface area contributed by atoms with Crippen LogP contribution in [0.2, 0.25) is 0 Å². The predicted octanol–water partition coefficient (Wildman–Crippen LogP) is 2.25. The lowest BCUT2D eigenvalue weighted by Crippen LogP contribution is -2.23. The largest absolute Gasteiger partial charge is 0.295 e. The smallest absolute Gasteiger partial charge is 0.261 e. The first-order chi connectivity index (χ1) is 11.9. The summed E-state index contributed by atoms with van der Waals surface area (Å²) in [6, 6.07) is 9.81. The summed E-state index contributed by atoms with van der Waals surface area (Å²) >= 11 is 0. The molecule has 1 N–H and O–H groups in total. The Labute approximate surface area is 153 Å². The van der Waals surface area contributed by atoms with Crippen LogP contribution in [0.3, 0.4) is 0 Å². The molecule has 0 heterocycles. The Hall–Kier alpha value is -2.23. The summed E-state index contributed by atoms with van der Waals surface area (Å²) in [5, 5.41) is 0. The fourth-order valence-electron chi connectivity index (χ4n) is 2.22. The molecule has 9 heteroatoms. The number of nitrogens with zero attached hydrogens (tertiary/aromatic N) is 1. The number of carbonyl (C=O) groups excluding carboxylic acids is 1. The monoisotopic (exact) mass is 396 g/mol. The fraction of sp³-hybridized carbons (Fsp3) is 0.235. The van der Waals surface area contributed by atoms with E-state index in [1.807, 2.05) is 0 Å². The first-order valence-electron chi connectivity index (χ1n) is 7.62. The molecule has 0 amide bonds. The van der Waals surface area contributed by atoms with E-state index >= 15 is 0 Å². The van der Waals surface area contributed by atoms with Crippen LogP contribution in [-0.2, 0) is 20.0 Å². The molecule has 26 heavy (non-hydrogen) atoms. The summed E-state index contributed by atoms with van der Waals surface area (Å²) in [7, 11) is -4.82. The lowest BCUT2D eigenvalue weighted by atomic mass is 10.2. The first-order valence-corrected chi connectivity index (χ1v) is 10.5. The molecule has 0 fully saturated rings. The molecule has 140 valence electrons. The number of rotatable bonds is 6. The molecule has 0 atom stereocenters. The van der Waals surface area contributed by atoms with E-state index in [0.717, 1.165) is 4.31 Å². The maximum atomic E-state index is 12.5. The number of aryl methyl sites for hydroxylation is 1. The molecule has 2 aromatic carbocycles. The van der Waals surface area contributed by atoms with Gasteiger partial charge in [-0.3, -0.25) is 9.52 Å². The van der Waals surface area contributed by atoms with E-state index in [1.54, 1.807) is 6.92 Å². The molecule has 0 aliphatic rings. The number of ketones is 1. The van der Waals surface area contributed by atoms with Crippen molar-refractivity contribution in [2.75, 3.05) is 18.8 Å². The van der Waals surface area contributed by atoms with Crippen LogP contribution in [0, 0.1) is 6.92 Å². The van der Waals surface area contributed by atoms with Gasteiger partial charge >= 0.3 is 0 Å². The molecule has 0 unspecified atom stereocenters. The number of carbonyl (C=O) groups is 1. The number of hydrogen-bond acceptors (Lipinski definition) is 5. The number of anilines is 1. The number of sulfonamides is 2. The molecule has 2 aromatic rings. The summed E-state index contributed by atoms with van der Waals surface area (Å²) in [5.74, 6) is -0.168. The van der Waals surface area contributed by atoms with Crippen molar-refractivity contribution in [3.63, 3.8) is 0 Å². The summed E-state index contributed by atoms with van der Waals surface area (Å²) in [5.41, 5.74) is 1.04. The summed E-state index contributed by atoms with van der Waals surface area (Å²) in [6.07, 6.45) is 0. The van der Waals surface area contributed by atoms with Gasteiger partial charge in [-0.05, 0) is 43.7 Å². The highest BCUT2D eigenvalue weighted by atomic mass is 32.2. The maximum absolute atomic E-state index is 12.5. The van der Waals surface area contributed by atoms with Gasteiger partial charge in [0.1, 0.15) is 0 Å². The molecular formula is C17H20N2O5S2. The molecule has 0 aromatic heterocycles. The van der Waals surface area contributed by atoms with E-state index in [1.165, 1.54) is 63.5 Å². The average Bonchev–Trinajstić information content (AvgIpc) is 2.56. The Balaban J connectivity index is 2.40. The van der Waals surface area contributed by atoms with Crippen molar-refractivity contribution in [3.8, 4) is 0 Å². The molecule has 0 saturated heterocycles. The third kappa shape index (κ3) is 4.12. The highest BCUT2D eigenvalue weighted by Gasteiger charge is 2.21. The maximum Gasteiger partial charge on any atom is 0.261 e. The van der Waals surface area contributed by atoms with Gasteiger partial charge in [-0.15, -0.1) is 0 Å². The Morgan fingerprint density at radius 1 is 0.962 bits per heavy atom. The van der Waals surface area contributed by atoms with Crippen LogP contribution in [0.15, 0.2) is 52.3 Å². The van der Waals surface area contributed by atoms with E-state index in [2.05, 4.69) is 4.72 Å². The van der Waals surface area contributed by atoms with Crippen molar-refractivity contribution in [1.29, 1.82) is 0 Å². The normalized spacial score (nSPS) is 12.2. The van der Waals surface area contributed by atoms with Crippen LogP contribution in [0.25, 0.3) is 0 Å². The van der Waals surface area contributed by atoms with Crippen LogP contribution < -0.4 is 4.72 Å². The van der Waals surface area contributed by atoms with E-state index in [4.69, 9.17) is 0 Å². The topological polar surface area (TPSA) is 101 Å². The zero-order chi connectivity index (χ0) is 19.7. The second kappa shape index (κ2) is 7.18. The molecule has 0 radical (unpaired) electrons. The molecule has 7 nitrogen and oxygen atoms in total. The number of hydrogen-bond donors (Lipinski definition) is 1. The first kappa shape index (κ1) is 20.1. The number of Topliss-reactive ketones (excluding diaryl/α,β-unsaturated/α-hetero) is 1. The Morgan fingerprint density at radius 3 is 2.04 bits per heavy atom. The van der Waals surface area contributed by atoms with Gasteiger partial charge in [0, 0.05) is 19.7 Å². The van der Waals surface area contributed by atoms with Crippen molar-refractivity contribution in [2.45, 2.75) is 23.6 Å². The minimum Gasteiger partial charge on any atom is -0.295 e. The van der Waals surface area contributed by atoms with Crippen LogP contribution in [0.1, 0.15) is 22.8 Å². The quantitative estimate of drug-likeness (QED) is 0.755. The minimum absolute atomic E-state index is 0.0228. The van der Waals surface area contributed by atoms with Crippen molar-refractivity contribution < 1.29 is 21.6 Å². The second-order valence-electron chi connectivity index (χ2n) is 5.95. The van der Waals surface area contributed by atoms with E-state index in [0.29, 0.717) is 11.1 Å². The van der Waals surface area contributed by atoms with Crippen LogP contribution in [0.4, 0.5) is 5.69 Å². The Kier molecular flexibility index (Phi) is 5.55. The van der Waals surface area contributed by atoms with E-state index in [-0.39, 0.29) is 21.3 Å². The van der Waals surface area contributed by atoms with Crippen molar-refractivity contribution in [1.82, 2.24) is 4.31 Å². The molecular weight excluding hydrogens is 376 g/mol. The average molecular weight is 396 g/mol. The van der Waals surface area contributed by atoms with E-state index in [9.17, 15) is 21.6 Å². The highest BCUT2D eigenvalue weighted by Crippen LogP contribution is 2.24. The number of benzene rings is 2. The zero-order valence-electron chi connectivity index (χ0n) is 14.8. The van der Waals surface area contributed by atoms with E-state index < -0.39 is 20.0 Å². The second-order valence-corrected chi connectivity index (χ2v) is 9.76. The molecule has 0 spiro atoms. The zero-order valence-corrected chi connectivity index (χ0v) is 16.5. The molecule has 0 bridgehead atoms. The highest BCUT2D eigenvalue weighted by molar-refractivity contribution is 7.92. The van der Waals surface area contributed by atoms with Gasteiger partial charge in [-0.1, -0.05) is 18.2 Å². The predicted molar refractivity (Wildman–Crippen MR) is 99.3 cm³/mol. The molecule has 0 aliphatic carbocycles. The third-order valence-corrected chi connectivity index (χ3v) is 7.12. The van der Waals surface area contributed by atoms with Gasteiger partial charge in [-0.25, -0.2) is 21.1 Å². The summed E-state index contributed by atoms with van der Waals surface area (Å²) in [4.78, 5) is 11.3. The Bertz CT molecular complexity index is 1040. The lowest BCUT2D eigenvalue weighted by molar-refractivity contribution is 0.101. The summed E-state index contributed by atoms with van der Waals surface area (Å²) in [6.45, 7) is 3.02. The van der Waals surface area contributed by atoms with Crippen LogP contribution in [0.5, 0.6) is 0 Å². The fourth-order valence-corrected chi connectivity index (χ4v) is 4.41. The lowest BCUT2D eigenvalue weighted by Gasteiger charge is -2.15. The Morgan fingerprint density at radius 2 is 1.54 bits per heavy atom. The van der Waals surface area contributed by atoms with Crippen molar-refractivity contribution in [2.24, 2.45) is 0 Å². The van der Waals surface area contributed by atoms with Gasteiger partial charge in [0.25, 0.3) is 10.0 Å². The summed E-state index contributed by atoms with van der Waals surface area (Å²) < 4.78 is 53.2. The van der Waals surface area contributed by atoms with Crippen molar-refractivity contribution in [3.05, 3.63) is 53.6 Å². The molecule has 2 rings (SSSR count). The van der Waals surface area contributed by atoms with Crippen LogP contribution in [-0.4, -0.2) is 41.0 Å². The van der Waals surface area contributed by atoms with Gasteiger partial charge in [0.15, 0.2) is 5.78 Å².